The van der Waals surface area contributed by atoms with E-state index in [0.717, 1.165) is 42.5 Å². The molecule has 5 heteroatoms. The van der Waals surface area contributed by atoms with Crippen molar-refractivity contribution in [3.05, 3.63) is 51.2 Å². The molecule has 1 heterocycles. The number of aryl methyl sites for hydroxylation is 1. The van der Waals surface area contributed by atoms with Gasteiger partial charge < -0.3 is 10.6 Å². The molecule has 0 radical (unpaired) electrons. The lowest BCUT2D eigenvalue weighted by Crippen LogP contribution is -2.26. The van der Waals surface area contributed by atoms with E-state index in [1.165, 1.54) is 23.3 Å². The Morgan fingerprint density at radius 3 is 2.60 bits per heavy atom. The Morgan fingerprint density at radius 2 is 1.84 bits per heavy atom. The summed E-state index contributed by atoms with van der Waals surface area (Å²) >= 11 is 1.70. The normalized spacial score (nSPS) is 16.2. The van der Waals surface area contributed by atoms with E-state index in [-0.39, 0.29) is 11.8 Å². The van der Waals surface area contributed by atoms with E-state index in [4.69, 9.17) is 0 Å². The third-order valence-electron chi connectivity index (χ3n) is 4.82. The number of thiophene rings is 1. The summed E-state index contributed by atoms with van der Waals surface area (Å²) < 4.78 is 0. The second-order valence-corrected chi connectivity index (χ2v) is 7.89. The molecule has 1 saturated carbocycles. The van der Waals surface area contributed by atoms with Gasteiger partial charge in [0.2, 0.25) is 5.91 Å². The fraction of sp³-hybridized carbons (Fsp3) is 0.400. The Kier molecular flexibility index (Phi) is 4.57. The van der Waals surface area contributed by atoms with Crippen LogP contribution < -0.4 is 10.6 Å². The van der Waals surface area contributed by atoms with E-state index < -0.39 is 0 Å². The van der Waals surface area contributed by atoms with E-state index in [2.05, 4.69) is 10.6 Å². The highest BCUT2D eigenvalue weighted by molar-refractivity contribution is 7.10. The van der Waals surface area contributed by atoms with Gasteiger partial charge in [0, 0.05) is 22.0 Å². The number of fused-ring (bicyclic) bond motifs is 1. The molecular weight excluding hydrogens is 332 g/mol. The predicted molar refractivity (Wildman–Crippen MR) is 100 cm³/mol. The first-order valence-corrected chi connectivity index (χ1v) is 9.86. The monoisotopic (exact) mass is 354 g/mol. The average Bonchev–Trinajstić information content (AvgIpc) is 3.31. The summed E-state index contributed by atoms with van der Waals surface area (Å²) in [7, 11) is 0. The molecular formula is C20H22N2O2S. The molecule has 0 unspecified atom stereocenters. The molecule has 2 aromatic rings. The van der Waals surface area contributed by atoms with Gasteiger partial charge in [0.1, 0.15) is 0 Å². The third kappa shape index (κ3) is 3.93. The van der Waals surface area contributed by atoms with E-state index in [9.17, 15) is 9.59 Å². The molecule has 0 aliphatic heterocycles. The zero-order chi connectivity index (χ0) is 17.2. The van der Waals surface area contributed by atoms with Crippen LogP contribution in [0.2, 0.25) is 0 Å². The SMILES string of the molecule is O=C(Cc1ccc(NC(=O)c2csc3c2CCCC3)cc1)NC1CC1. The summed E-state index contributed by atoms with van der Waals surface area (Å²) in [5, 5.41) is 7.96. The quantitative estimate of drug-likeness (QED) is 0.860. The average molecular weight is 354 g/mol. The lowest BCUT2D eigenvalue weighted by Gasteiger charge is -2.13. The van der Waals surface area contributed by atoms with Crippen LogP contribution in [0.25, 0.3) is 0 Å². The molecule has 4 rings (SSSR count). The topological polar surface area (TPSA) is 58.2 Å². The molecule has 130 valence electrons. The maximum Gasteiger partial charge on any atom is 0.256 e. The van der Waals surface area contributed by atoms with E-state index >= 15 is 0 Å². The van der Waals surface area contributed by atoms with Gasteiger partial charge in [0.05, 0.1) is 12.0 Å². The van der Waals surface area contributed by atoms with Crippen LogP contribution in [0.4, 0.5) is 5.69 Å². The Bertz CT molecular complexity index is 791. The van der Waals surface area contributed by atoms with Crippen LogP contribution in [0.5, 0.6) is 0 Å². The van der Waals surface area contributed by atoms with E-state index in [1.54, 1.807) is 11.3 Å². The lowest BCUT2D eigenvalue weighted by atomic mass is 9.95. The van der Waals surface area contributed by atoms with Gasteiger partial charge in [-0.15, -0.1) is 11.3 Å². The largest absolute Gasteiger partial charge is 0.353 e. The summed E-state index contributed by atoms with van der Waals surface area (Å²) in [4.78, 5) is 25.8. The molecule has 0 atom stereocenters. The third-order valence-corrected chi connectivity index (χ3v) is 5.91. The number of carbonyl (C=O) groups is 2. The summed E-state index contributed by atoms with van der Waals surface area (Å²) in [6, 6.07) is 7.95. The first-order valence-electron chi connectivity index (χ1n) is 8.98. The first kappa shape index (κ1) is 16.3. The maximum absolute atomic E-state index is 12.6. The Morgan fingerprint density at radius 1 is 1.08 bits per heavy atom. The van der Waals surface area contributed by atoms with Crippen molar-refractivity contribution in [1.29, 1.82) is 0 Å². The van der Waals surface area contributed by atoms with Crippen LogP contribution in [0.3, 0.4) is 0 Å². The minimum atomic E-state index is -0.0290. The van der Waals surface area contributed by atoms with Gasteiger partial charge in [0.25, 0.3) is 5.91 Å². The molecule has 0 bridgehead atoms. The van der Waals surface area contributed by atoms with Crippen molar-refractivity contribution in [3.8, 4) is 0 Å². The zero-order valence-electron chi connectivity index (χ0n) is 14.1. The van der Waals surface area contributed by atoms with Crippen LogP contribution >= 0.6 is 11.3 Å². The maximum atomic E-state index is 12.6. The van der Waals surface area contributed by atoms with Gasteiger partial charge in [-0.25, -0.2) is 0 Å². The van der Waals surface area contributed by atoms with Crippen LogP contribution in [-0.2, 0) is 24.1 Å². The zero-order valence-corrected chi connectivity index (χ0v) is 15.0. The van der Waals surface area contributed by atoms with Crippen molar-refractivity contribution in [3.63, 3.8) is 0 Å². The van der Waals surface area contributed by atoms with E-state index in [1.807, 2.05) is 29.6 Å². The molecule has 1 aromatic heterocycles. The minimum absolute atomic E-state index is 0.0290. The van der Waals surface area contributed by atoms with E-state index in [0.29, 0.717) is 12.5 Å². The number of hydrogen-bond acceptors (Lipinski definition) is 3. The van der Waals surface area contributed by atoms with Crippen molar-refractivity contribution in [2.75, 3.05) is 5.32 Å². The van der Waals surface area contributed by atoms with Crippen molar-refractivity contribution in [2.24, 2.45) is 0 Å². The number of benzene rings is 1. The fourth-order valence-electron chi connectivity index (χ4n) is 3.28. The standard InChI is InChI=1S/C20H22N2O2S/c23-19(21-14-9-10-14)11-13-5-7-15(8-6-13)22-20(24)17-12-25-18-4-2-1-3-16(17)18/h5-8,12,14H,1-4,9-11H2,(H,21,23)(H,22,24). The second-order valence-electron chi connectivity index (χ2n) is 6.93. The highest BCUT2D eigenvalue weighted by atomic mass is 32.1. The highest BCUT2D eigenvalue weighted by Crippen LogP contribution is 2.30. The molecule has 0 saturated heterocycles. The first-order chi connectivity index (χ1) is 12.2. The molecule has 1 aromatic carbocycles. The van der Waals surface area contributed by atoms with Gasteiger partial charge in [-0.1, -0.05) is 12.1 Å². The molecule has 2 amide bonds. The van der Waals surface area contributed by atoms with Gasteiger partial charge in [-0.3, -0.25) is 9.59 Å². The van der Waals surface area contributed by atoms with Gasteiger partial charge in [0.15, 0.2) is 0 Å². The van der Waals surface area contributed by atoms with Gasteiger partial charge in [-0.2, -0.15) is 0 Å². The molecule has 25 heavy (non-hydrogen) atoms. The Labute approximate surface area is 151 Å². The minimum Gasteiger partial charge on any atom is -0.353 e. The van der Waals surface area contributed by atoms with Crippen molar-refractivity contribution < 1.29 is 9.59 Å². The molecule has 0 spiro atoms. The highest BCUT2D eigenvalue weighted by Gasteiger charge is 2.23. The number of rotatable bonds is 5. The van der Waals surface area contributed by atoms with Crippen LogP contribution in [0.15, 0.2) is 29.6 Å². The molecule has 2 aliphatic carbocycles. The summed E-state index contributed by atoms with van der Waals surface area (Å²) in [6.07, 6.45) is 7.10. The lowest BCUT2D eigenvalue weighted by molar-refractivity contribution is -0.120. The second kappa shape index (κ2) is 7.00. The number of hydrogen-bond donors (Lipinski definition) is 2. The summed E-state index contributed by atoms with van der Waals surface area (Å²) in [6.45, 7) is 0. The van der Waals surface area contributed by atoms with Crippen LogP contribution in [0, 0.1) is 0 Å². The molecule has 1 fully saturated rings. The molecule has 2 N–H and O–H groups in total. The van der Waals surface area contributed by atoms with Gasteiger partial charge in [-0.05, 0) is 61.8 Å². The molecule has 2 aliphatic rings. The Hall–Kier alpha value is -2.14. The fourth-order valence-corrected chi connectivity index (χ4v) is 4.41. The number of nitrogens with one attached hydrogen (secondary N) is 2. The van der Waals surface area contributed by atoms with Crippen LogP contribution in [0.1, 0.15) is 52.0 Å². The van der Waals surface area contributed by atoms with Crippen molar-refractivity contribution >= 4 is 28.8 Å². The van der Waals surface area contributed by atoms with Crippen LogP contribution in [-0.4, -0.2) is 17.9 Å². The summed E-state index contributed by atoms with van der Waals surface area (Å²) in [5.41, 5.74) is 3.80. The number of amides is 2. The van der Waals surface area contributed by atoms with Gasteiger partial charge >= 0.3 is 0 Å². The van der Waals surface area contributed by atoms with Crippen molar-refractivity contribution in [1.82, 2.24) is 5.32 Å². The number of carbonyl (C=O) groups excluding carboxylic acids is 2. The summed E-state index contributed by atoms with van der Waals surface area (Å²) in [5.74, 6) is 0.0443. The predicted octanol–water partition coefficient (Wildman–Crippen LogP) is 3.70. The van der Waals surface area contributed by atoms with Crippen molar-refractivity contribution in [2.45, 2.75) is 51.0 Å². The molecule has 4 nitrogen and oxygen atoms in total. The Balaban J connectivity index is 1.38. The smallest absolute Gasteiger partial charge is 0.256 e. The number of anilines is 1.